The van der Waals surface area contributed by atoms with Crippen molar-refractivity contribution in [1.29, 1.82) is 5.26 Å². The molecule has 0 saturated heterocycles. The topological polar surface area (TPSA) is 47.3 Å². The van der Waals surface area contributed by atoms with Gasteiger partial charge in [-0.1, -0.05) is 6.07 Å². The minimum atomic E-state index is -0.501. The molecule has 0 amide bonds. The zero-order valence-electron chi connectivity index (χ0n) is 10.3. The number of nitrogens with zero attached hydrogens (tertiary/aromatic N) is 2. The second-order valence-corrected chi connectivity index (χ2v) is 4.89. The van der Waals surface area contributed by atoms with Crippen molar-refractivity contribution in [3.05, 3.63) is 29.3 Å². The Morgan fingerprint density at radius 1 is 1.53 bits per heavy atom. The molecule has 3 heteroatoms. The van der Waals surface area contributed by atoms with Gasteiger partial charge in [0.1, 0.15) is 0 Å². The van der Waals surface area contributed by atoms with Crippen LogP contribution >= 0.6 is 0 Å². The quantitative estimate of drug-likeness (QED) is 0.864. The molecule has 1 atom stereocenters. The highest BCUT2D eigenvalue weighted by molar-refractivity contribution is 5.58. The molecule has 1 aliphatic carbocycles. The third kappa shape index (κ3) is 2.78. The Kier molecular flexibility index (Phi) is 3.35. The van der Waals surface area contributed by atoms with E-state index in [9.17, 15) is 5.11 Å². The molecular formula is C14H18N2O. The molecule has 3 nitrogen and oxygen atoms in total. The van der Waals surface area contributed by atoms with Crippen LogP contribution < -0.4 is 4.90 Å². The predicted octanol–water partition coefficient (Wildman–Crippen LogP) is 2.46. The number of rotatable bonds is 4. The molecule has 1 N–H and O–H groups in total. The molecule has 17 heavy (non-hydrogen) atoms. The Labute approximate surface area is 102 Å². The molecule has 0 bridgehead atoms. The summed E-state index contributed by atoms with van der Waals surface area (Å²) in [5, 5.41) is 18.7. The van der Waals surface area contributed by atoms with E-state index >= 15 is 0 Å². The van der Waals surface area contributed by atoms with E-state index < -0.39 is 6.10 Å². The number of nitriles is 1. The standard InChI is InChI=1S/C14H18N2O/c1-10(17)13-6-5-12(8-15)7-14(13)16(2)9-11-3-4-11/h5-7,10-11,17H,3-4,9H2,1-2H3. The Morgan fingerprint density at radius 2 is 2.24 bits per heavy atom. The number of anilines is 1. The Bertz CT molecular complexity index is 444. The largest absolute Gasteiger partial charge is 0.389 e. The van der Waals surface area contributed by atoms with Crippen LogP contribution in [0.5, 0.6) is 0 Å². The van der Waals surface area contributed by atoms with Crippen LogP contribution in [0.25, 0.3) is 0 Å². The Balaban J connectivity index is 2.29. The smallest absolute Gasteiger partial charge is 0.0992 e. The van der Waals surface area contributed by atoms with E-state index in [2.05, 4.69) is 11.0 Å². The highest BCUT2D eigenvalue weighted by atomic mass is 16.3. The van der Waals surface area contributed by atoms with Crippen LogP contribution in [0.3, 0.4) is 0 Å². The van der Waals surface area contributed by atoms with Gasteiger partial charge in [-0.05, 0) is 37.8 Å². The van der Waals surface area contributed by atoms with Crippen LogP contribution in [0, 0.1) is 17.2 Å². The van der Waals surface area contributed by atoms with Crippen LogP contribution in [-0.4, -0.2) is 18.7 Å². The number of aliphatic hydroxyl groups excluding tert-OH is 1. The SMILES string of the molecule is CC(O)c1ccc(C#N)cc1N(C)CC1CC1. The lowest BCUT2D eigenvalue weighted by Gasteiger charge is -2.23. The zero-order chi connectivity index (χ0) is 12.4. The van der Waals surface area contributed by atoms with Crippen LogP contribution in [0.4, 0.5) is 5.69 Å². The normalized spacial score (nSPS) is 16.4. The van der Waals surface area contributed by atoms with Gasteiger partial charge in [0, 0.05) is 24.8 Å². The number of hydrogen-bond acceptors (Lipinski definition) is 3. The molecule has 0 heterocycles. The second kappa shape index (κ2) is 4.77. The summed E-state index contributed by atoms with van der Waals surface area (Å²) in [4.78, 5) is 2.15. The van der Waals surface area contributed by atoms with Gasteiger partial charge in [-0.25, -0.2) is 0 Å². The Morgan fingerprint density at radius 3 is 2.76 bits per heavy atom. The van der Waals surface area contributed by atoms with Crippen molar-refractivity contribution in [2.45, 2.75) is 25.9 Å². The minimum absolute atomic E-state index is 0.501. The molecule has 0 radical (unpaired) electrons. The lowest BCUT2D eigenvalue weighted by molar-refractivity contribution is 0.199. The van der Waals surface area contributed by atoms with Crippen molar-refractivity contribution in [2.24, 2.45) is 5.92 Å². The van der Waals surface area contributed by atoms with E-state index in [1.807, 2.05) is 19.2 Å². The number of benzene rings is 1. The van der Waals surface area contributed by atoms with Gasteiger partial charge >= 0.3 is 0 Å². The third-order valence-corrected chi connectivity index (χ3v) is 3.25. The Hall–Kier alpha value is -1.53. The highest BCUT2D eigenvalue weighted by Gasteiger charge is 2.24. The second-order valence-electron chi connectivity index (χ2n) is 4.89. The summed E-state index contributed by atoms with van der Waals surface area (Å²) in [6.45, 7) is 2.77. The molecule has 1 aromatic rings. The first-order valence-corrected chi connectivity index (χ1v) is 6.05. The highest BCUT2D eigenvalue weighted by Crippen LogP contribution is 2.33. The fourth-order valence-electron chi connectivity index (χ4n) is 2.08. The lowest BCUT2D eigenvalue weighted by atomic mass is 10.0. The van der Waals surface area contributed by atoms with Crippen LogP contribution in [0.1, 0.15) is 37.0 Å². The molecule has 0 spiro atoms. The van der Waals surface area contributed by atoms with Crippen molar-refractivity contribution in [3.8, 4) is 6.07 Å². The number of hydrogen-bond donors (Lipinski definition) is 1. The van der Waals surface area contributed by atoms with Crippen molar-refractivity contribution in [2.75, 3.05) is 18.5 Å². The van der Waals surface area contributed by atoms with E-state index in [0.717, 1.165) is 23.7 Å². The fourth-order valence-corrected chi connectivity index (χ4v) is 2.08. The molecule has 90 valence electrons. The summed E-state index contributed by atoms with van der Waals surface area (Å²) in [7, 11) is 2.03. The maximum atomic E-state index is 9.76. The van der Waals surface area contributed by atoms with Gasteiger partial charge in [0.05, 0.1) is 17.7 Å². The van der Waals surface area contributed by atoms with Crippen molar-refractivity contribution < 1.29 is 5.11 Å². The first-order valence-electron chi connectivity index (χ1n) is 6.05. The van der Waals surface area contributed by atoms with E-state index in [4.69, 9.17) is 5.26 Å². The summed E-state index contributed by atoms with van der Waals surface area (Å²) in [6, 6.07) is 7.62. The first kappa shape index (κ1) is 11.9. The van der Waals surface area contributed by atoms with Gasteiger partial charge in [0.15, 0.2) is 0 Å². The van der Waals surface area contributed by atoms with E-state index in [0.29, 0.717) is 5.56 Å². The molecule has 0 aliphatic heterocycles. The van der Waals surface area contributed by atoms with Crippen LogP contribution in [-0.2, 0) is 0 Å². The van der Waals surface area contributed by atoms with Gasteiger partial charge in [-0.2, -0.15) is 5.26 Å². The monoisotopic (exact) mass is 230 g/mol. The van der Waals surface area contributed by atoms with Crippen molar-refractivity contribution in [3.63, 3.8) is 0 Å². The third-order valence-electron chi connectivity index (χ3n) is 3.25. The summed E-state index contributed by atoms with van der Waals surface area (Å²) in [5.74, 6) is 0.785. The van der Waals surface area contributed by atoms with E-state index in [1.165, 1.54) is 12.8 Å². The van der Waals surface area contributed by atoms with E-state index in [1.54, 1.807) is 13.0 Å². The van der Waals surface area contributed by atoms with Gasteiger partial charge in [0.2, 0.25) is 0 Å². The van der Waals surface area contributed by atoms with Crippen molar-refractivity contribution >= 4 is 5.69 Å². The summed E-state index contributed by atoms with van der Waals surface area (Å²) in [6.07, 6.45) is 2.10. The summed E-state index contributed by atoms with van der Waals surface area (Å²) < 4.78 is 0. The first-order chi connectivity index (χ1) is 8.11. The minimum Gasteiger partial charge on any atom is -0.389 e. The lowest BCUT2D eigenvalue weighted by Crippen LogP contribution is -2.22. The maximum absolute atomic E-state index is 9.76. The van der Waals surface area contributed by atoms with E-state index in [-0.39, 0.29) is 0 Å². The number of aliphatic hydroxyl groups is 1. The average Bonchev–Trinajstić information content (AvgIpc) is 3.11. The molecule has 1 aliphatic rings. The molecule has 0 aromatic heterocycles. The fraction of sp³-hybridized carbons (Fsp3) is 0.500. The van der Waals surface area contributed by atoms with Gasteiger partial charge in [-0.3, -0.25) is 0 Å². The summed E-state index contributed by atoms with van der Waals surface area (Å²) >= 11 is 0. The van der Waals surface area contributed by atoms with Gasteiger partial charge in [0.25, 0.3) is 0 Å². The van der Waals surface area contributed by atoms with Crippen LogP contribution in [0.15, 0.2) is 18.2 Å². The molecule has 1 fully saturated rings. The molecule has 1 saturated carbocycles. The summed E-state index contributed by atoms with van der Waals surface area (Å²) in [5.41, 5.74) is 2.52. The predicted molar refractivity (Wildman–Crippen MR) is 67.8 cm³/mol. The van der Waals surface area contributed by atoms with Crippen LogP contribution in [0.2, 0.25) is 0 Å². The maximum Gasteiger partial charge on any atom is 0.0992 e. The van der Waals surface area contributed by atoms with Gasteiger partial charge < -0.3 is 10.0 Å². The van der Waals surface area contributed by atoms with Gasteiger partial charge in [-0.15, -0.1) is 0 Å². The molecule has 1 unspecified atom stereocenters. The molecule has 1 aromatic carbocycles. The molecular weight excluding hydrogens is 212 g/mol. The molecule has 2 rings (SSSR count). The van der Waals surface area contributed by atoms with Crippen molar-refractivity contribution in [1.82, 2.24) is 0 Å². The average molecular weight is 230 g/mol. The zero-order valence-corrected chi connectivity index (χ0v) is 10.3.